The summed E-state index contributed by atoms with van der Waals surface area (Å²) < 4.78 is 0. The van der Waals surface area contributed by atoms with Crippen molar-refractivity contribution in [3.8, 4) is 0 Å². The van der Waals surface area contributed by atoms with Crippen molar-refractivity contribution in [1.29, 1.82) is 0 Å². The van der Waals surface area contributed by atoms with Gasteiger partial charge >= 0.3 is 6.09 Å². The first-order valence-electron chi connectivity index (χ1n) is 7.22. The van der Waals surface area contributed by atoms with E-state index in [1.807, 2.05) is 24.3 Å². The van der Waals surface area contributed by atoms with Gasteiger partial charge in [0.2, 0.25) is 0 Å². The van der Waals surface area contributed by atoms with Gasteiger partial charge in [-0.2, -0.15) is 0 Å². The highest BCUT2D eigenvalue weighted by atomic mass is 16.4. The Hall–Kier alpha value is -1.91. The molecule has 1 amide bonds. The van der Waals surface area contributed by atoms with Gasteiger partial charge in [-0.15, -0.1) is 0 Å². The molecule has 0 bridgehead atoms. The number of rotatable bonds is 1. The number of nitrogens with zero attached hydrogens (tertiary/aromatic N) is 2. The Morgan fingerprint density at radius 3 is 2.50 bits per heavy atom. The third-order valence-corrected chi connectivity index (χ3v) is 4.64. The largest absolute Gasteiger partial charge is 0.465 e. The predicted molar refractivity (Wildman–Crippen MR) is 78.9 cm³/mol. The maximum absolute atomic E-state index is 11.1. The van der Waals surface area contributed by atoms with Crippen molar-refractivity contribution in [1.82, 2.24) is 4.90 Å². The predicted octanol–water partition coefficient (Wildman–Crippen LogP) is 2.09. The smallest absolute Gasteiger partial charge is 0.407 e. The molecule has 2 aliphatic heterocycles. The molecule has 2 unspecified atom stereocenters. The van der Waals surface area contributed by atoms with Crippen LogP contribution in [-0.4, -0.2) is 42.3 Å². The van der Waals surface area contributed by atoms with E-state index in [0.29, 0.717) is 24.9 Å². The number of carboxylic acid groups (broad SMARTS) is 1. The van der Waals surface area contributed by atoms with E-state index in [-0.39, 0.29) is 0 Å². The van der Waals surface area contributed by atoms with Crippen LogP contribution in [0.3, 0.4) is 0 Å². The van der Waals surface area contributed by atoms with Crippen LogP contribution in [0.5, 0.6) is 0 Å². The molecule has 0 saturated carbocycles. The monoisotopic (exact) mass is 275 g/mol. The van der Waals surface area contributed by atoms with Crippen LogP contribution < -0.4 is 10.6 Å². The fraction of sp³-hybridized carbons (Fsp3) is 0.533. The topological polar surface area (TPSA) is 69.8 Å². The van der Waals surface area contributed by atoms with Gasteiger partial charge in [-0.3, -0.25) is 0 Å². The first-order chi connectivity index (χ1) is 9.63. The van der Waals surface area contributed by atoms with Crippen LogP contribution in [0.1, 0.15) is 12.8 Å². The third-order valence-electron chi connectivity index (χ3n) is 4.64. The highest BCUT2D eigenvalue weighted by Gasteiger charge is 2.35. The number of nitrogen functional groups attached to an aromatic ring is 1. The number of likely N-dealkylation sites (tertiary alicyclic amines) is 1. The maximum atomic E-state index is 11.1. The van der Waals surface area contributed by atoms with Crippen LogP contribution in [0, 0.1) is 11.8 Å². The first-order valence-corrected chi connectivity index (χ1v) is 7.22. The number of amides is 1. The zero-order valence-electron chi connectivity index (χ0n) is 11.5. The van der Waals surface area contributed by atoms with Crippen LogP contribution in [0.15, 0.2) is 24.3 Å². The lowest BCUT2D eigenvalue weighted by Gasteiger charge is -2.45. The van der Waals surface area contributed by atoms with Crippen LogP contribution in [0.2, 0.25) is 0 Å². The number of carbonyl (C=O) groups is 1. The first kappa shape index (κ1) is 13.1. The van der Waals surface area contributed by atoms with E-state index in [1.54, 1.807) is 4.90 Å². The number of anilines is 2. The quantitative estimate of drug-likeness (QED) is 0.770. The lowest BCUT2D eigenvalue weighted by Crippen LogP contribution is -2.51. The summed E-state index contributed by atoms with van der Waals surface area (Å²) in [5, 5.41) is 9.14. The van der Waals surface area contributed by atoms with Gasteiger partial charge in [0.25, 0.3) is 0 Å². The van der Waals surface area contributed by atoms with E-state index in [9.17, 15) is 4.79 Å². The van der Waals surface area contributed by atoms with Crippen molar-refractivity contribution in [3.63, 3.8) is 0 Å². The summed E-state index contributed by atoms with van der Waals surface area (Å²) in [5.41, 5.74) is 7.68. The van der Waals surface area contributed by atoms with Crippen molar-refractivity contribution < 1.29 is 9.90 Å². The molecule has 5 heteroatoms. The Labute approximate surface area is 119 Å². The minimum Gasteiger partial charge on any atom is -0.465 e. The number of fused-ring (bicyclic) bond motifs is 1. The second-order valence-corrected chi connectivity index (χ2v) is 5.86. The van der Waals surface area contributed by atoms with E-state index >= 15 is 0 Å². The highest BCUT2D eigenvalue weighted by molar-refractivity contribution is 5.65. The molecule has 5 nitrogen and oxygen atoms in total. The van der Waals surface area contributed by atoms with E-state index in [1.165, 1.54) is 5.69 Å². The van der Waals surface area contributed by atoms with Gasteiger partial charge in [0.15, 0.2) is 0 Å². The molecule has 0 aromatic heterocycles. The van der Waals surface area contributed by atoms with Gasteiger partial charge < -0.3 is 20.6 Å². The standard InChI is InChI=1S/C15H21N3O2/c16-13-1-3-14(4-2-13)17-7-5-11-6-8-18(15(19)20)10-12(11)9-17/h1-4,11-12H,5-10,16H2,(H,19,20). The average Bonchev–Trinajstić information content (AvgIpc) is 2.47. The summed E-state index contributed by atoms with van der Waals surface area (Å²) in [6, 6.07) is 7.94. The molecule has 0 spiro atoms. The van der Waals surface area contributed by atoms with Gasteiger partial charge in [0, 0.05) is 37.6 Å². The number of hydrogen-bond donors (Lipinski definition) is 2. The average molecular weight is 275 g/mol. The second-order valence-electron chi connectivity index (χ2n) is 5.86. The van der Waals surface area contributed by atoms with Gasteiger partial charge in [0.1, 0.15) is 0 Å². The summed E-state index contributed by atoms with van der Waals surface area (Å²) >= 11 is 0. The van der Waals surface area contributed by atoms with Crippen LogP contribution in [-0.2, 0) is 0 Å². The fourth-order valence-electron chi connectivity index (χ4n) is 3.46. The number of nitrogens with two attached hydrogens (primary N) is 1. The number of hydrogen-bond acceptors (Lipinski definition) is 3. The van der Waals surface area contributed by atoms with Gasteiger partial charge in [-0.1, -0.05) is 0 Å². The van der Waals surface area contributed by atoms with Crippen molar-refractivity contribution in [2.75, 3.05) is 36.8 Å². The molecule has 1 aromatic carbocycles. The zero-order chi connectivity index (χ0) is 14.1. The molecule has 3 N–H and O–H groups in total. The Balaban J connectivity index is 1.69. The SMILES string of the molecule is Nc1ccc(N2CCC3CCN(C(=O)O)CC3C2)cc1. The van der Waals surface area contributed by atoms with Crippen LogP contribution >= 0.6 is 0 Å². The molecule has 1 aromatic rings. The molecule has 0 aliphatic carbocycles. The molecule has 3 rings (SSSR count). The highest BCUT2D eigenvalue weighted by Crippen LogP contribution is 2.33. The molecule has 2 aliphatic rings. The number of benzene rings is 1. The minimum absolute atomic E-state index is 0.450. The molecular formula is C15H21N3O2. The van der Waals surface area contributed by atoms with Gasteiger partial charge in [0.05, 0.1) is 0 Å². The minimum atomic E-state index is -0.784. The lowest BCUT2D eigenvalue weighted by molar-refractivity contribution is 0.0887. The van der Waals surface area contributed by atoms with E-state index < -0.39 is 6.09 Å². The molecule has 2 atom stereocenters. The van der Waals surface area contributed by atoms with Gasteiger partial charge in [-0.25, -0.2) is 4.79 Å². The van der Waals surface area contributed by atoms with Crippen LogP contribution in [0.25, 0.3) is 0 Å². The molecule has 0 radical (unpaired) electrons. The Kier molecular flexibility index (Phi) is 3.42. The molecule has 20 heavy (non-hydrogen) atoms. The van der Waals surface area contributed by atoms with Crippen molar-refractivity contribution in [2.24, 2.45) is 11.8 Å². The van der Waals surface area contributed by atoms with Crippen LogP contribution in [0.4, 0.5) is 16.2 Å². The normalized spacial score (nSPS) is 26.2. The van der Waals surface area contributed by atoms with E-state index in [2.05, 4.69) is 4.90 Å². The zero-order valence-corrected chi connectivity index (χ0v) is 11.5. The third kappa shape index (κ3) is 2.53. The summed E-state index contributed by atoms with van der Waals surface area (Å²) in [6.07, 6.45) is 1.38. The summed E-state index contributed by atoms with van der Waals surface area (Å²) in [7, 11) is 0. The Bertz CT molecular complexity index is 488. The molecule has 2 fully saturated rings. The van der Waals surface area contributed by atoms with Gasteiger partial charge in [-0.05, 0) is 48.9 Å². The van der Waals surface area contributed by atoms with E-state index in [4.69, 9.17) is 10.8 Å². The fourth-order valence-corrected chi connectivity index (χ4v) is 3.46. The van der Waals surface area contributed by atoms with E-state index in [0.717, 1.165) is 31.6 Å². The Morgan fingerprint density at radius 1 is 1.10 bits per heavy atom. The van der Waals surface area contributed by atoms with Crippen molar-refractivity contribution >= 4 is 17.5 Å². The molecular weight excluding hydrogens is 254 g/mol. The summed E-state index contributed by atoms with van der Waals surface area (Å²) in [6.45, 7) is 3.36. The maximum Gasteiger partial charge on any atom is 0.407 e. The summed E-state index contributed by atoms with van der Waals surface area (Å²) in [5.74, 6) is 1.13. The summed E-state index contributed by atoms with van der Waals surface area (Å²) in [4.78, 5) is 15.0. The second kappa shape index (κ2) is 5.23. The Morgan fingerprint density at radius 2 is 1.80 bits per heavy atom. The number of piperidine rings is 2. The molecule has 108 valence electrons. The van der Waals surface area contributed by atoms with Crippen molar-refractivity contribution in [3.05, 3.63) is 24.3 Å². The molecule has 2 heterocycles. The van der Waals surface area contributed by atoms with Crippen molar-refractivity contribution in [2.45, 2.75) is 12.8 Å². The molecule has 2 saturated heterocycles. The lowest BCUT2D eigenvalue weighted by atomic mass is 9.80.